The lowest BCUT2D eigenvalue weighted by atomic mass is 9.97. The van der Waals surface area contributed by atoms with E-state index in [0.717, 1.165) is 28.7 Å². The van der Waals surface area contributed by atoms with Gasteiger partial charge >= 0.3 is 0 Å². The molecule has 1 rings (SSSR count). The van der Waals surface area contributed by atoms with Crippen LogP contribution in [0.2, 0.25) is 0 Å². The van der Waals surface area contributed by atoms with Crippen molar-refractivity contribution in [2.45, 2.75) is 59.8 Å². The lowest BCUT2D eigenvalue weighted by Gasteiger charge is -2.13. The second kappa shape index (κ2) is 7.22. The molecule has 2 nitrogen and oxygen atoms in total. The SMILES string of the molecule is CCCCCCC=Cc1c(C)c(O)c(C)c(C)c1O. The lowest BCUT2D eigenvalue weighted by Crippen LogP contribution is -1.92. The molecule has 2 heteroatoms. The van der Waals surface area contributed by atoms with Crippen molar-refractivity contribution in [1.82, 2.24) is 0 Å². The van der Waals surface area contributed by atoms with Gasteiger partial charge in [0.2, 0.25) is 0 Å². The number of phenolic OH excluding ortho intramolecular Hbond substituents is 2. The van der Waals surface area contributed by atoms with Crippen molar-refractivity contribution in [1.29, 1.82) is 0 Å². The molecule has 0 aromatic heterocycles. The molecule has 0 unspecified atom stereocenters. The number of allylic oxidation sites excluding steroid dienone is 1. The molecular formula is C17H26O2. The Labute approximate surface area is 116 Å². The summed E-state index contributed by atoms with van der Waals surface area (Å²) in [4.78, 5) is 0. The van der Waals surface area contributed by atoms with Crippen LogP contribution in [0.15, 0.2) is 6.08 Å². The van der Waals surface area contributed by atoms with Crippen molar-refractivity contribution in [3.8, 4) is 11.5 Å². The van der Waals surface area contributed by atoms with Gasteiger partial charge in [0, 0.05) is 11.1 Å². The topological polar surface area (TPSA) is 40.5 Å². The average molecular weight is 262 g/mol. The third-order valence-corrected chi connectivity index (χ3v) is 3.80. The number of benzene rings is 1. The van der Waals surface area contributed by atoms with Gasteiger partial charge in [-0.05, 0) is 44.7 Å². The van der Waals surface area contributed by atoms with Crippen LogP contribution in [0.1, 0.15) is 61.3 Å². The van der Waals surface area contributed by atoms with Crippen LogP contribution < -0.4 is 0 Å². The van der Waals surface area contributed by atoms with Gasteiger partial charge < -0.3 is 10.2 Å². The highest BCUT2D eigenvalue weighted by Gasteiger charge is 2.14. The summed E-state index contributed by atoms with van der Waals surface area (Å²) < 4.78 is 0. The van der Waals surface area contributed by atoms with Gasteiger partial charge in [0.05, 0.1) is 0 Å². The molecule has 0 aliphatic heterocycles. The number of unbranched alkanes of at least 4 members (excludes halogenated alkanes) is 4. The molecule has 0 spiro atoms. The van der Waals surface area contributed by atoms with E-state index in [-0.39, 0.29) is 5.75 Å². The standard InChI is InChI=1S/C17H26O2/c1-5-6-7-8-9-10-11-15-14(4)16(18)12(2)13(3)17(15)19/h10-11,18-19H,5-9H2,1-4H3. The van der Waals surface area contributed by atoms with Gasteiger partial charge in [-0.1, -0.05) is 38.3 Å². The molecule has 2 N–H and O–H groups in total. The van der Waals surface area contributed by atoms with Gasteiger partial charge in [-0.2, -0.15) is 0 Å². The number of hydrogen-bond donors (Lipinski definition) is 2. The molecule has 19 heavy (non-hydrogen) atoms. The second-order valence-electron chi connectivity index (χ2n) is 5.24. The molecule has 0 radical (unpaired) electrons. The Morgan fingerprint density at radius 2 is 1.47 bits per heavy atom. The minimum atomic E-state index is 0.289. The van der Waals surface area contributed by atoms with E-state index in [1.54, 1.807) is 0 Å². The Balaban J connectivity index is 2.81. The van der Waals surface area contributed by atoms with Gasteiger partial charge in [0.15, 0.2) is 0 Å². The minimum Gasteiger partial charge on any atom is -0.507 e. The predicted molar refractivity (Wildman–Crippen MR) is 81.8 cm³/mol. The molecule has 0 fully saturated rings. The summed E-state index contributed by atoms with van der Waals surface area (Å²) in [6.07, 6.45) is 10.0. The molecule has 0 amide bonds. The molecule has 0 bridgehead atoms. The highest BCUT2D eigenvalue weighted by atomic mass is 16.3. The summed E-state index contributed by atoms with van der Waals surface area (Å²) in [6, 6.07) is 0. The Bertz CT molecular complexity index is 430. The third-order valence-electron chi connectivity index (χ3n) is 3.80. The highest BCUT2D eigenvalue weighted by molar-refractivity contribution is 5.68. The smallest absolute Gasteiger partial charge is 0.126 e. The quantitative estimate of drug-likeness (QED) is 0.559. The van der Waals surface area contributed by atoms with Crippen LogP contribution in [-0.2, 0) is 0 Å². The summed E-state index contributed by atoms with van der Waals surface area (Å²) in [5.41, 5.74) is 3.02. The molecule has 0 aliphatic carbocycles. The maximum Gasteiger partial charge on any atom is 0.126 e. The van der Waals surface area contributed by atoms with Crippen LogP contribution in [0, 0.1) is 20.8 Å². The van der Waals surface area contributed by atoms with E-state index in [2.05, 4.69) is 13.0 Å². The van der Waals surface area contributed by atoms with Crippen LogP contribution in [0.3, 0.4) is 0 Å². The maximum atomic E-state index is 10.2. The zero-order chi connectivity index (χ0) is 14.4. The van der Waals surface area contributed by atoms with E-state index < -0.39 is 0 Å². The van der Waals surface area contributed by atoms with Crippen molar-refractivity contribution in [3.63, 3.8) is 0 Å². The summed E-state index contributed by atoms with van der Waals surface area (Å²) in [5, 5.41) is 20.2. The summed E-state index contributed by atoms with van der Waals surface area (Å²) in [7, 11) is 0. The number of hydrogen-bond acceptors (Lipinski definition) is 2. The van der Waals surface area contributed by atoms with E-state index >= 15 is 0 Å². The molecule has 1 aromatic rings. The molecule has 106 valence electrons. The number of phenols is 2. The monoisotopic (exact) mass is 262 g/mol. The van der Waals surface area contributed by atoms with Crippen molar-refractivity contribution in [3.05, 3.63) is 28.3 Å². The Morgan fingerprint density at radius 3 is 2.11 bits per heavy atom. The summed E-state index contributed by atoms with van der Waals surface area (Å²) in [5.74, 6) is 0.582. The van der Waals surface area contributed by atoms with E-state index in [9.17, 15) is 10.2 Å². The highest BCUT2D eigenvalue weighted by Crippen LogP contribution is 2.36. The van der Waals surface area contributed by atoms with Crippen molar-refractivity contribution >= 4 is 6.08 Å². The molecule has 0 heterocycles. The first-order valence-corrected chi connectivity index (χ1v) is 7.18. The Kier molecular flexibility index (Phi) is 5.94. The second-order valence-corrected chi connectivity index (χ2v) is 5.24. The van der Waals surface area contributed by atoms with Gasteiger partial charge in [-0.3, -0.25) is 0 Å². The molecule has 1 aromatic carbocycles. The van der Waals surface area contributed by atoms with E-state index in [0.29, 0.717) is 5.75 Å². The zero-order valence-electron chi connectivity index (χ0n) is 12.6. The van der Waals surface area contributed by atoms with E-state index in [1.165, 1.54) is 25.7 Å². The first-order valence-electron chi connectivity index (χ1n) is 7.18. The van der Waals surface area contributed by atoms with Gasteiger partial charge in [0.1, 0.15) is 11.5 Å². The maximum absolute atomic E-state index is 10.2. The predicted octanol–water partition coefficient (Wildman–Crippen LogP) is 5.01. The molecule has 0 saturated heterocycles. The van der Waals surface area contributed by atoms with Crippen LogP contribution >= 0.6 is 0 Å². The zero-order valence-corrected chi connectivity index (χ0v) is 12.6. The first-order chi connectivity index (χ1) is 9.00. The molecule has 0 aliphatic rings. The number of aromatic hydroxyl groups is 2. The van der Waals surface area contributed by atoms with Crippen LogP contribution in [0.25, 0.3) is 6.08 Å². The third kappa shape index (κ3) is 3.76. The van der Waals surface area contributed by atoms with Crippen molar-refractivity contribution < 1.29 is 10.2 Å². The number of rotatable bonds is 6. The summed E-state index contributed by atoms with van der Waals surface area (Å²) in [6.45, 7) is 7.71. The van der Waals surface area contributed by atoms with Gasteiger partial charge in [-0.15, -0.1) is 0 Å². The van der Waals surface area contributed by atoms with Crippen molar-refractivity contribution in [2.75, 3.05) is 0 Å². The van der Waals surface area contributed by atoms with Crippen molar-refractivity contribution in [2.24, 2.45) is 0 Å². The van der Waals surface area contributed by atoms with E-state index in [4.69, 9.17) is 0 Å². The van der Waals surface area contributed by atoms with Gasteiger partial charge in [0.25, 0.3) is 0 Å². The van der Waals surface area contributed by atoms with Gasteiger partial charge in [-0.25, -0.2) is 0 Å². The summed E-state index contributed by atoms with van der Waals surface area (Å²) >= 11 is 0. The van der Waals surface area contributed by atoms with E-state index in [1.807, 2.05) is 26.8 Å². The fraction of sp³-hybridized carbons (Fsp3) is 0.529. The fourth-order valence-corrected chi connectivity index (χ4v) is 2.24. The van der Waals surface area contributed by atoms with Crippen LogP contribution in [0.4, 0.5) is 0 Å². The minimum absolute atomic E-state index is 0.289. The first kappa shape index (κ1) is 15.6. The normalized spacial score (nSPS) is 11.4. The average Bonchev–Trinajstić information content (AvgIpc) is 2.41. The Morgan fingerprint density at radius 1 is 0.842 bits per heavy atom. The molecule has 0 saturated carbocycles. The largest absolute Gasteiger partial charge is 0.507 e. The van der Waals surface area contributed by atoms with Crippen LogP contribution in [-0.4, -0.2) is 10.2 Å². The molecular weight excluding hydrogens is 236 g/mol. The lowest BCUT2D eigenvalue weighted by molar-refractivity contribution is 0.448. The molecule has 0 atom stereocenters. The fourth-order valence-electron chi connectivity index (χ4n) is 2.24. The Hall–Kier alpha value is -1.44. The van der Waals surface area contributed by atoms with Crippen LogP contribution in [0.5, 0.6) is 11.5 Å².